The Hall–Kier alpha value is -1.16. The van der Waals surface area contributed by atoms with Crippen molar-refractivity contribution >= 4 is 0 Å². The fourth-order valence-electron chi connectivity index (χ4n) is 0.973. The van der Waals surface area contributed by atoms with E-state index in [1.54, 1.807) is 23.9 Å². The second kappa shape index (κ2) is 4.01. The molecule has 0 aliphatic rings. The fourth-order valence-corrected chi connectivity index (χ4v) is 0.973. The van der Waals surface area contributed by atoms with Gasteiger partial charge in [-0.2, -0.15) is 0 Å². The third kappa shape index (κ3) is 1.92. The molecule has 0 aliphatic heterocycles. The van der Waals surface area contributed by atoms with Gasteiger partial charge in [-0.1, -0.05) is 0 Å². The van der Waals surface area contributed by atoms with Crippen molar-refractivity contribution in [3.05, 3.63) is 28.4 Å². The molecular formula is C8H12N2O2. The molecule has 0 bridgehead atoms. The SMILES string of the molecule is Cc1nccn(CCCO)c1=O. The Morgan fingerprint density at radius 2 is 2.42 bits per heavy atom. The lowest BCUT2D eigenvalue weighted by atomic mass is 10.4. The van der Waals surface area contributed by atoms with E-state index in [-0.39, 0.29) is 12.2 Å². The largest absolute Gasteiger partial charge is 0.396 e. The van der Waals surface area contributed by atoms with Crippen LogP contribution in [0.4, 0.5) is 0 Å². The molecule has 0 saturated heterocycles. The number of aryl methyl sites for hydroxylation is 2. The zero-order valence-electron chi connectivity index (χ0n) is 7.03. The zero-order chi connectivity index (χ0) is 8.97. The van der Waals surface area contributed by atoms with Crippen molar-refractivity contribution in [2.45, 2.75) is 19.9 Å². The molecule has 0 amide bonds. The third-order valence-electron chi connectivity index (χ3n) is 1.64. The normalized spacial score (nSPS) is 10.2. The summed E-state index contributed by atoms with van der Waals surface area (Å²) in [6.45, 7) is 2.34. The molecule has 66 valence electrons. The first-order chi connectivity index (χ1) is 5.75. The van der Waals surface area contributed by atoms with Crippen LogP contribution in [0.5, 0.6) is 0 Å². The predicted molar refractivity (Wildman–Crippen MR) is 44.9 cm³/mol. The summed E-state index contributed by atoms with van der Waals surface area (Å²) in [5, 5.41) is 8.56. The first-order valence-electron chi connectivity index (χ1n) is 3.88. The van der Waals surface area contributed by atoms with Crippen LogP contribution < -0.4 is 5.56 Å². The highest BCUT2D eigenvalue weighted by molar-refractivity contribution is 4.93. The van der Waals surface area contributed by atoms with Crippen molar-refractivity contribution in [2.75, 3.05) is 6.61 Å². The Bertz CT molecular complexity index is 306. The average molecular weight is 168 g/mol. The standard InChI is InChI=1S/C8H12N2O2/c1-7-8(12)10(4-2-6-11)5-3-9-7/h3,5,11H,2,4,6H2,1H3. The van der Waals surface area contributed by atoms with Crippen LogP contribution in [0.1, 0.15) is 12.1 Å². The summed E-state index contributed by atoms with van der Waals surface area (Å²) >= 11 is 0. The molecule has 1 aromatic heterocycles. The Balaban J connectivity index is 2.85. The van der Waals surface area contributed by atoms with Gasteiger partial charge >= 0.3 is 0 Å². The van der Waals surface area contributed by atoms with Gasteiger partial charge in [0.2, 0.25) is 0 Å². The summed E-state index contributed by atoms with van der Waals surface area (Å²) in [7, 11) is 0. The van der Waals surface area contributed by atoms with E-state index < -0.39 is 0 Å². The van der Waals surface area contributed by atoms with Gasteiger partial charge in [0.1, 0.15) is 5.69 Å². The minimum absolute atomic E-state index is 0.0778. The Morgan fingerprint density at radius 3 is 3.08 bits per heavy atom. The van der Waals surface area contributed by atoms with Crippen LogP contribution >= 0.6 is 0 Å². The molecule has 1 heterocycles. The van der Waals surface area contributed by atoms with E-state index in [0.29, 0.717) is 18.7 Å². The van der Waals surface area contributed by atoms with Crippen LogP contribution in [0.15, 0.2) is 17.2 Å². The van der Waals surface area contributed by atoms with Gasteiger partial charge in [-0.05, 0) is 13.3 Å². The molecule has 12 heavy (non-hydrogen) atoms. The van der Waals surface area contributed by atoms with E-state index in [4.69, 9.17) is 5.11 Å². The lowest BCUT2D eigenvalue weighted by Crippen LogP contribution is -2.22. The van der Waals surface area contributed by atoms with Gasteiger partial charge in [0.25, 0.3) is 5.56 Å². The van der Waals surface area contributed by atoms with Crippen LogP contribution in [-0.2, 0) is 6.54 Å². The van der Waals surface area contributed by atoms with Crippen LogP contribution in [0.25, 0.3) is 0 Å². The molecule has 0 aromatic carbocycles. The molecule has 0 saturated carbocycles. The predicted octanol–water partition coefficient (Wildman–Crippen LogP) is -0.0659. The van der Waals surface area contributed by atoms with Gasteiger partial charge in [0.15, 0.2) is 0 Å². The Morgan fingerprint density at radius 1 is 1.67 bits per heavy atom. The smallest absolute Gasteiger partial charge is 0.271 e. The van der Waals surface area contributed by atoms with E-state index in [1.165, 1.54) is 0 Å². The van der Waals surface area contributed by atoms with Crippen molar-refractivity contribution in [1.29, 1.82) is 0 Å². The van der Waals surface area contributed by atoms with Crippen LogP contribution in [0.2, 0.25) is 0 Å². The monoisotopic (exact) mass is 168 g/mol. The second-order valence-electron chi connectivity index (χ2n) is 2.59. The first-order valence-corrected chi connectivity index (χ1v) is 3.88. The molecule has 1 rings (SSSR count). The number of aromatic nitrogens is 2. The Labute approximate surface area is 70.5 Å². The number of hydrogen-bond donors (Lipinski definition) is 1. The van der Waals surface area contributed by atoms with Gasteiger partial charge < -0.3 is 9.67 Å². The van der Waals surface area contributed by atoms with Crippen LogP contribution in [-0.4, -0.2) is 21.3 Å². The van der Waals surface area contributed by atoms with Crippen LogP contribution in [0.3, 0.4) is 0 Å². The highest BCUT2D eigenvalue weighted by atomic mass is 16.3. The molecule has 0 atom stereocenters. The number of aliphatic hydroxyl groups excluding tert-OH is 1. The van der Waals surface area contributed by atoms with Crippen molar-refractivity contribution in [3.8, 4) is 0 Å². The van der Waals surface area contributed by atoms with Gasteiger partial charge in [-0.25, -0.2) is 0 Å². The van der Waals surface area contributed by atoms with Gasteiger partial charge in [0, 0.05) is 25.5 Å². The summed E-state index contributed by atoms with van der Waals surface area (Å²) in [5.41, 5.74) is 0.418. The zero-order valence-corrected chi connectivity index (χ0v) is 7.03. The topological polar surface area (TPSA) is 55.1 Å². The molecule has 0 unspecified atom stereocenters. The molecule has 1 N–H and O–H groups in total. The number of rotatable bonds is 3. The number of nitrogens with zero attached hydrogens (tertiary/aromatic N) is 2. The van der Waals surface area contributed by atoms with Crippen molar-refractivity contribution in [2.24, 2.45) is 0 Å². The fraction of sp³-hybridized carbons (Fsp3) is 0.500. The van der Waals surface area contributed by atoms with Crippen molar-refractivity contribution in [1.82, 2.24) is 9.55 Å². The molecule has 0 aliphatic carbocycles. The van der Waals surface area contributed by atoms with Crippen molar-refractivity contribution < 1.29 is 5.11 Å². The van der Waals surface area contributed by atoms with Gasteiger partial charge in [0.05, 0.1) is 0 Å². The minimum Gasteiger partial charge on any atom is -0.396 e. The molecule has 0 fully saturated rings. The molecule has 4 nitrogen and oxygen atoms in total. The maximum absolute atomic E-state index is 11.3. The van der Waals surface area contributed by atoms with E-state index in [1.807, 2.05) is 0 Å². The maximum Gasteiger partial charge on any atom is 0.271 e. The summed E-state index contributed by atoms with van der Waals surface area (Å²) in [6.07, 6.45) is 3.82. The molecule has 0 spiro atoms. The lowest BCUT2D eigenvalue weighted by Gasteiger charge is -2.03. The van der Waals surface area contributed by atoms with E-state index in [9.17, 15) is 4.79 Å². The van der Waals surface area contributed by atoms with E-state index >= 15 is 0 Å². The van der Waals surface area contributed by atoms with Crippen molar-refractivity contribution in [3.63, 3.8) is 0 Å². The highest BCUT2D eigenvalue weighted by Crippen LogP contribution is 1.86. The lowest BCUT2D eigenvalue weighted by molar-refractivity contribution is 0.279. The average Bonchev–Trinajstić information content (AvgIpc) is 2.08. The summed E-state index contributed by atoms with van der Waals surface area (Å²) in [5.74, 6) is 0. The third-order valence-corrected chi connectivity index (χ3v) is 1.64. The summed E-state index contributed by atoms with van der Waals surface area (Å²) in [4.78, 5) is 15.1. The number of aliphatic hydroxyl groups is 1. The summed E-state index contributed by atoms with van der Waals surface area (Å²) in [6, 6.07) is 0. The maximum atomic E-state index is 11.3. The minimum atomic E-state index is -0.0778. The molecule has 0 radical (unpaired) electrons. The first kappa shape index (κ1) is 8.93. The highest BCUT2D eigenvalue weighted by Gasteiger charge is 1.97. The molecular weight excluding hydrogens is 156 g/mol. The van der Waals surface area contributed by atoms with E-state index in [2.05, 4.69) is 4.98 Å². The van der Waals surface area contributed by atoms with Gasteiger partial charge in [-0.15, -0.1) is 0 Å². The van der Waals surface area contributed by atoms with Gasteiger partial charge in [-0.3, -0.25) is 9.78 Å². The van der Waals surface area contributed by atoms with Crippen LogP contribution in [0, 0.1) is 6.92 Å². The van der Waals surface area contributed by atoms with E-state index in [0.717, 1.165) is 0 Å². The second-order valence-corrected chi connectivity index (χ2v) is 2.59. The molecule has 4 heteroatoms. The Kier molecular flexibility index (Phi) is 2.99. The molecule has 1 aromatic rings. The quantitative estimate of drug-likeness (QED) is 0.687. The number of hydrogen-bond acceptors (Lipinski definition) is 3. The summed E-state index contributed by atoms with van der Waals surface area (Å²) < 4.78 is 1.55.